The average Bonchev–Trinajstić information content (AvgIpc) is 3.10. The number of aromatic nitrogens is 5. The van der Waals surface area contributed by atoms with Crippen molar-refractivity contribution in [3.63, 3.8) is 0 Å². The molecule has 0 bridgehead atoms. The molecule has 6 nitrogen and oxygen atoms in total. The summed E-state index contributed by atoms with van der Waals surface area (Å²) < 4.78 is 1.48. The zero-order valence-electron chi connectivity index (χ0n) is 13.4. The number of nitrogens with zero attached hydrogens (tertiary/aromatic N) is 5. The van der Waals surface area contributed by atoms with Crippen molar-refractivity contribution in [3.8, 4) is 0 Å². The Morgan fingerprint density at radius 1 is 1.00 bits per heavy atom. The molecule has 0 radical (unpaired) electrons. The van der Waals surface area contributed by atoms with Crippen LogP contribution in [0.25, 0.3) is 16.4 Å². The van der Waals surface area contributed by atoms with Gasteiger partial charge in [0.05, 0.1) is 0 Å². The maximum atomic E-state index is 4.53. The Labute approximate surface area is 139 Å². The predicted molar refractivity (Wildman–Crippen MR) is 93.9 cm³/mol. The summed E-state index contributed by atoms with van der Waals surface area (Å²) in [4.78, 5) is 0. The Bertz CT molecular complexity index is 963. The Morgan fingerprint density at radius 2 is 1.75 bits per heavy atom. The number of benzene rings is 2. The number of hydrogen-bond acceptors (Lipinski definition) is 5. The second-order valence-electron chi connectivity index (χ2n) is 5.96. The molecule has 1 N–H and O–H groups in total. The number of hydrogen-bond donors (Lipinski definition) is 1. The first-order valence-corrected chi connectivity index (χ1v) is 8.09. The van der Waals surface area contributed by atoms with Crippen molar-refractivity contribution >= 4 is 22.2 Å². The predicted octanol–water partition coefficient (Wildman–Crippen LogP) is 3.11. The molecule has 0 aliphatic rings. The fraction of sp³-hybridized carbons (Fsp3) is 0.222. The number of anilines is 1. The second kappa shape index (κ2) is 6.23. The van der Waals surface area contributed by atoms with Crippen LogP contribution in [0.3, 0.4) is 0 Å². The topological polar surface area (TPSA) is 68.0 Å². The molecule has 0 fully saturated rings. The van der Waals surface area contributed by atoms with Crippen LogP contribution in [0.15, 0.2) is 54.6 Å². The van der Waals surface area contributed by atoms with Crippen LogP contribution in [0.1, 0.15) is 18.9 Å². The number of aryl methyl sites for hydroxylation is 1. The van der Waals surface area contributed by atoms with Crippen molar-refractivity contribution in [1.82, 2.24) is 25.3 Å². The van der Waals surface area contributed by atoms with Crippen LogP contribution in [0.5, 0.6) is 0 Å². The summed E-state index contributed by atoms with van der Waals surface area (Å²) in [6, 6.07) is 18.9. The first kappa shape index (κ1) is 14.6. The third-order valence-corrected chi connectivity index (χ3v) is 4.16. The molecule has 2 heterocycles. The zero-order valence-corrected chi connectivity index (χ0v) is 13.4. The molecule has 0 saturated carbocycles. The van der Waals surface area contributed by atoms with E-state index in [0.29, 0.717) is 5.65 Å². The lowest BCUT2D eigenvalue weighted by Gasteiger charge is -2.16. The lowest BCUT2D eigenvalue weighted by Crippen LogP contribution is -2.18. The van der Waals surface area contributed by atoms with Crippen LogP contribution in [-0.2, 0) is 6.42 Å². The Kier molecular flexibility index (Phi) is 3.78. The summed E-state index contributed by atoms with van der Waals surface area (Å²) in [6.45, 7) is 2.17. The number of tetrazole rings is 1. The Balaban J connectivity index is 1.58. The SMILES string of the molecule is C[C@@H](CCc1ccccc1)Nc1nn2nnnc2c2ccccc12. The first-order chi connectivity index (χ1) is 11.8. The molecule has 4 aromatic rings. The van der Waals surface area contributed by atoms with E-state index in [1.807, 2.05) is 30.3 Å². The number of rotatable bonds is 5. The molecule has 4 rings (SSSR count). The summed E-state index contributed by atoms with van der Waals surface area (Å²) in [7, 11) is 0. The van der Waals surface area contributed by atoms with E-state index >= 15 is 0 Å². The highest BCUT2D eigenvalue weighted by Crippen LogP contribution is 2.24. The minimum Gasteiger partial charge on any atom is -0.366 e. The molecule has 0 unspecified atom stereocenters. The summed E-state index contributed by atoms with van der Waals surface area (Å²) in [6.07, 6.45) is 2.05. The average molecular weight is 318 g/mol. The van der Waals surface area contributed by atoms with Gasteiger partial charge in [0.15, 0.2) is 5.82 Å². The van der Waals surface area contributed by atoms with Gasteiger partial charge >= 0.3 is 0 Å². The van der Waals surface area contributed by atoms with E-state index in [9.17, 15) is 0 Å². The van der Waals surface area contributed by atoms with Crippen LogP contribution >= 0.6 is 0 Å². The van der Waals surface area contributed by atoms with Gasteiger partial charge in [0, 0.05) is 16.8 Å². The molecule has 0 saturated heterocycles. The maximum Gasteiger partial charge on any atom is 0.207 e. The standard InChI is InChI=1S/C18H18N6/c1-13(11-12-14-7-3-2-4-8-14)19-17-15-9-5-6-10-16(15)18-20-22-23-24(18)21-17/h2-10,13H,11-12H2,1H3,(H,19,21)/t13-/m0/s1. The molecule has 24 heavy (non-hydrogen) atoms. The smallest absolute Gasteiger partial charge is 0.207 e. The lowest BCUT2D eigenvalue weighted by molar-refractivity contribution is 0.689. The van der Waals surface area contributed by atoms with Crippen molar-refractivity contribution in [2.24, 2.45) is 0 Å². The zero-order chi connectivity index (χ0) is 16.4. The van der Waals surface area contributed by atoms with Crippen molar-refractivity contribution in [2.45, 2.75) is 25.8 Å². The Hall–Kier alpha value is -3.02. The summed E-state index contributed by atoms with van der Waals surface area (Å²) >= 11 is 0. The van der Waals surface area contributed by atoms with Crippen LogP contribution < -0.4 is 5.32 Å². The summed E-state index contributed by atoms with van der Waals surface area (Å²) in [5.41, 5.74) is 2.02. The van der Waals surface area contributed by atoms with Gasteiger partial charge in [-0.05, 0) is 35.8 Å². The van der Waals surface area contributed by atoms with Crippen LogP contribution in [0.2, 0.25) is 0 Å². The van der Waals surface area contributed by atoms with E-state index in [0.717, 1.165) is 29.4 Å². The van der Waals surface area contributed by atoms with Crippen LogP contribution in [-0.4, -0.2) is 31.3 Å². The highest BCUT2D eigenvalue weighted by molar-refractivity contribution is 5.99. The van der Waals surface area contributed by atoms with Crippen molar-refractivity contribution < 1.29 is 0 Å². The summed E-state index contributed by atoms with van der Waals surface area (Å²) in [5.74, 6) is 0.811. The summed E-state index contributed by atoms with van der Waals surface area (Å²) in [5, 5.41) is 21.8. The minimum absolute atomic E-state index is 0.287. The quantitative estimate of drug-likeness (QED) is 0.612. The minimum atomic E-state index is 0.287. The third kappa shape index (κ3) is 2.78. The van der Waals surface area contributed by atoms with Gasteiger partial charge in [-0.3, -0.25) is 0 Å². The van der Waals surface area contributed by atoms with Gasteiger partial charge in [-0.15, -0.1) is 14.8 Å². The highest BCUT2D eigenvalue weighted by atomic mass is 15.6. The third-order valence-electron chi connectivity index (χ3n) is 4.16. The largest absolute Gasteiger partial charge is 0.366 e. The fourth-order valence-electron chi connectivity index (χ4n) is 2.88. The van der Waals surface area contributed by atoms with E-state index in [4.69, 9.17) is 0 Å². The van der Waals surface area contributed by atoms with Crippen LogP contribution in [0.4, 0.5) is 5.82 Å². The molecule has 0 aliphatic heterocycles. The van der Waals surface area contributed by atoms with Gasteiger partial charge in [-0.1, -0.05) is 54.6 Å². The van der Waals surface area contributed by atoms with E-state index in [-0.39, 0.29) is 6.04 Å². The van der Waals surface area contributed by atoms with Crippen molar-refractivity contribution in [3.05, 3.63) is 60.2 Å². The van der Waals surface area contributed by atoms with Crippen molar-refractivity contribution in [2.75, 3.05) is 5.32 Å². The second-order valence-corrected chi connectivity index (χ2v) is 5.96. The molecule has 0 aliphatic carbocycles. The Morgan fingerprint density at radius 3 is 2.58 bits per heavy atom. The fourth-order valence-corrected chi connectivity index (χ4v) is 2.88. The molecule has 120 valence electrons. The lowest BCUT2D eigenvalue weighted by atomic mass is 10.1. The normalized spacial score (nSPS) is 12.5. The van der Waals surface area contributed by atoms with Gasteiger partial charge in [0.2, 0.25) is 5.65 Å². The number of nitrogens with one attached hydrogen (secondary N) is 1. The molecule has 0 amide bonds. The van der Waals surface area contributed by atoms with Crippen molar-refractivity contribution in [1.29, 1.82) is 0 Å². The van der Waals surface area contributed by atoms with E-state index in [2.05, 4.69) is 57.1 Å². The number of fused-ring (bicyclic) bond motifs is 3. The van der Waals surface area contributed by atoms with Gasteiger partial charge < -0.3 is 5.32 Å². The maximum absolute atomic E-state index is 4.53. The molecule has 0 spiro atoms. The van der Waals surface area contributed by atoms with Gasteiger partial charge in [0.25, 0.3) is 0 Å². The first-order valence-electron chi connectivity index (χ1n) is 8.09. The van der Waals surface area contributed by atoms with Gasteiger partial charge in [-0.2, -0.15) is 0 Å². The van der Waals surface area contributed by atoms with Gasteiger partial charge in [0.1, 0.15) is 0 Å². The monoisotopic (exact) mass is 318 g/mol. The molecule has 2 aromatic heterocycles. The molecule has 2 aromatic carbocycles. The molecular weight excluding hydrogens is 300 g/mol. The molecule has 6 heteroatoms. The molecular formula is C18H18N6. The van der Waals surface area contributed by atoms with Gasteiger partial charge in [-0.25, -0.2) is 0 Å². The van der Waals surface area contributed by atoms with E-state index in [1.54, 1.807) is 0 Å². The van der Waals surface area contributed by atoms with Crippen LogP contribution in [0, 0.1) is 0 Å². The molecule has 1 atom stereocenters. The highest BCUT2D eigenvalue weighted by Gasteiger charge is 2.12. The van der Waals surface area contributed by atoms with E-state index in [1.165, 1.54) is 10.2 Å². The van der Waals surface area contributed by atoms with E-state index < -0.39 is 0 Å².